The summed E-state index contributed by atoms with van der Waals surface area (Å²) in [6.07, 6.45) is 1.31. The van der Waals surface area contributed by atoms with E-state index in [1.54, 1.807) is 12.1 Å². The Morgan fingerprint density at radius 3 is 2.79 bits per heavy atom. The van der Waals surface area contributed by atoms with Gasteiger partial charge in [0.05, 0.1) is 18.9 Å². The van der Waals surface area contributed by atoms with Gasteiger partial charge in [-0.3, -0.25) is 0 Å². The van der Waals surface area contributed by atoms with Crippen molar-refractivity contribution in [3.63, 3.8) is 0 Å². The van der Waals surface area contributed by atoms with Crippen molar-refractivity contribution in [2.24, 2.45) is 0 Å². The largest absolute Gasteiger partial charge is 0.376 e. The van der Waals surface area contributed by atoms with Crippen LogP contribution in [-0.2, 0) is 24.2 Å². The van der Waals surface area contributed by atoms with E-state index in [0.29, 0.717) is 30.6 Å². The summed E-state index contributed by atoms with van der Waals surface area (Å²) in [6, 6.07) is 6.33. The molecule has 0 amide bonds. The molecule has 0 spiro atoms. The third-order valence-corrected chi connectivity index (χ3v) is 3.41. The number of aromatic nitrogens is 2. The molecule has 2 aromatic rings. The van der Waals surface area contributed by atoms with Crippen LogP contribution in [-0.4, -0.2) is 16.6 Å². The summed E-state index contributed by atoms with van der Waals surface area (Å²) in [4.78, 5) is 8.81. The van der Waals surface area contributed by atoms with Crippen LogP contribution < -0.4 is 0 Å². The van der Waals surface area contributed by atoms with Gasteiger partial charge in [0.2, 0.25) is 0 Å². The van der Waals surface area contributed by atoms with Crippen LogP contribution in [0.3, 0.4) is 0 Å². The summed E-state index contributed by atoms with van der Waals surface area (Å²) in [7, 11) is 0. The fourth-order valence-electron chi connectivity index (χ4n) is 2.10. The molecule has 5 heteroatoms. The molecule has 0 N–H and O–H groups in total. The fourth-order valence-corrected chi connectivity index (χ4v) is 2.37. The van der Waals surface area contributed by atoms with Gasteiger partial charge in [0, 0.05) is 18.4 Å². The second-order valence-corrected chi connectivity index (χ2v) is 4.82. The van der Waals surface area contributed by atoms with E-state index in [1.807, 2.05) is 0 Å². The molecule has 1 aliphatic heterocycles. The van der Waals surface area contributed by atoms with Gasteiger partial charge in [0.1, 0.15) is 16.8 Å². The van der Waals surface area contributed by atoms with Gasteiger partial charge in [-0.05, 0) is 17.7 Å². The first-order valence-electron chi connectivity index (χ1n) is 6.09. The van der Waals surface area contributed by atoms with Gasteiger partial charge < -0.3 is 4.74 Å². The maximum Gasteiger partial charge on any atom is 0.138 e. The molecule has 0 saturated heterocycles. The summed E-state index contributed by atoms with van der Waals surface area (Å²) in [6.45, 7) is 1.14. The molecule has 1 aromatic carbocycles. The van der Waals surface area contributed by atoms with Gasteiger partial charge >= 0.3 is 0 Å². The molecule has 1 aromatic heterocycles. The lowest BCUT2D eigenvalue weighted by Gasteiger charge is -2.17. The molecule has 98 valence electrons. The van der Waals surface area contributed by atoms with Crippen molar-refractivity contribution >= 4 is 11.6 Å². The van der Waals surface area contributed by atoms with E-state index in [4.69, 9.17) is 16.3 Å². The summed E-state index contributed by atoms with van der Waals surface area (Å²) in [5.74, 6) is 0.419. The highest BCUT2D eigenvalue weighted by molar-refractivity contribution is 6.30. The van der Waals surface area contributed by atoms with Crippen LogP contribution in [0.2, 0.25) is 5.15 Å². The van der Waals surface area contributed by atoms with Crippen molar-refractivity contribution in [3.8, 4) is 0 Å². The topological polar surface area (TPSA) is 35.0 Å². The predicted molar refractivity (Wildman–Crippen MR) is 69.6 cm³/mol. The van der Waals surface area contributed by atoms with Crippen molar-refractivity contribution in [1.82, 2.24) is 9.97 Å². The standard InChI is InChI=1S/C14H12ClFN2O/c15-14-11-8-19-6-5-12(11)17-13(18-14)7-9-1-3-10(16)4-2-9/h1-4H,5-8H2. The minimum absolute atomic E-state index is 0.245. The van der Waals surface area contributed by atoms with Crippen LogP contribution in [0.1, 0.15) is 22.6 Å². The van der Waals surface area contributed by atoms with Crippen LogP contribution in [0, 0.1) is 5.82 Å². The Morgan fingerprint density at radius 1 is 1.21 bits per heavy atom. The number of halogens is 2. The molecule has 2 heterocycles. The van der Waals surface area contributed by atoms with Gasteiger partial charge in [-0.1, -0.05) is 23.7 Å². The molecule has 0 bridgehead atoms. The predicted octanol–water partition coefficient (Wildman–Crippen LogP) is 2.93. The van der Waals surface area contributed by atoms with E-state index in [1.165, 1.54) is 12.1 Å². The highest BCUT2D eigenvalue weighted by atomic mass is 35.5. The first kappa shape index (κ1) is 12.5. The van der Waals surface area contributed by atoms with Crippen molar-refractivity contribution in [2.75, 3.05) is 6.61 Å². The highest BCUT2D eigenvalue weighted by Crippen LogP contribution is 2.22. The smallest absolute Gasteiger partial charge is 0.138 e. The summed E-state index contributed by atoms with van der Waals surface area (Å²) >= 11 is 6.15. The quantitative estimate of drug-likeness (QED) is 0.792. The zero-order valence-corrected chi connectivity index (χ0v) is 11.0. The molecule has 3 rings (SSSR count). The molecule has 19 heavy (non-hydrogen) atoms. The van der Waals surface area contributed by atoms with Crippen LogP contribution in [0.15, 0.2) is 24.3 Å². The molecule has 0 fully saturated rings. The van der Waals surface area contributed by atoms with Crippen LogP contribution in [0.25, 0.3) is 0 Å². The average molecular weight is 279 g/mol. The Labute approximate surface area is 115 Å². The molecule has 0 aliphatic carbocycles. The lowest BCUT2D eigenvalue weighted by Crippen LogP contribution is -2.15. The van der Waals surface area contributed by atoms with Gasteiger partial charge in [-0.2, -0.15) is 0 Å². The maximum absolute atomic E-state index is 12.8. The molecule has 3 nitrogen and oxygen atoms in total. The summed E-state index contributed by atoms with van der Waals surface area (Å²) in [5.41, 5.74) is 2.81. The van der Waals surface area contributed by atoms with Crippen molar-refractivity contribution < 1.29 is 9.13 Å². The molecule has 1 aliphatic rings. The van der Waals surface area contributed by atoms with Gasteiger partial charge in [0.15, 0.2) is 0 Å². The second-order valence-electron chi connectivity index (χ2n) is 4.46. The van der Waals surface area contributed by atoms with E-state index < -0.39 is 0 Å². The molecular weight excluding hydrogens is 267 g/mol. The Kier molecular flexibility index (Phi) is 3.44. The van der Waals surface area contributed by atoms with Crippen LogP contribution in [0.4, 0.5) is 4.39 Å². The van der Waals surface area contributed by atoms with Gasteiger partial charge in [-0.25, -0.2) is 14.4 Å². The van der Waals surface area contributed by atoms with E-state index in [0.717, 1.165) is 23.2 Å². The lowest BCUT2D eigenvalue weighted by atomic mass is 10.1. The normalized spacial score (nSPS) is 14.2. The lowest BCUT2D eigenvalue weighted by molar-refractivity contribution is 0.109. The second kappa shape index (κ2) is 5.23. The third-order valence-electron chi connectivity index (χ3n) is 3.09. The molecule has 0 atom stereocenters. The van der Waals surface area contributed by atoms with E-state index in [-0.39, 0.29) is 5.82 Å². The fraction of sp³-hybridized carbons (Fsp3) is 0.286. The van der Waals surface area contributed by atoms with E-state index in [2.05, 4.69) is 9.97 Å². The van der Waals surface area contributed by atoms with E-state index >= 15 is 0 Å². The van der Waals surface area contributed by atoms with Crippen molar-refractivity contribution in [2.45, 2.75) is 19.4 Å². The number of fused-ring (bicyclic) bond motifs is 1. The van der Waals surface area contributed by atoms with Gasteiger partial charge in [0.25, 0.3) is 0 Å². The Hall–Kier alpha value is -1.52. The molecule has 0 radical (unpaired) electrons. The molecule has 0 unspecified atom stereocenters. The highest BCUT2D eigenvalue weighted by Gasteiger charge is 2.17. The first-order valence-corrected chi connectivity index (χ1v) is 6.46. The van der Waals surface area contributed by atoms with Crippen molar-refractivity contribution in [1.29, 1.82) is 0 Å². The van der Waals surface area contributed by atoms with E-state index in [9.17, 15) is 4.39 Å². The SMILES string of the molecule is Fc1ccc(Cc2nc(Cl)c3c(n2)CCOC3)cc1. The minimum atomic E-state index is -0.245. The van der Waals surface area contributed by atoms with Gasteiger partial charge in [-0.15, -0.1) is 0 Å². The number of hydrogen-bond donors (Lipinski definition) is 0. The zero-order chi connectivity index (χ0) is 13.2. The Bertz CT molecular complexity index is 601. The summed E-state index contributed by atoms with van der Waals surface area (Å²) < 4.78 is 18.2. The monoisotopic (exact) mass is 278 g/mol. The Morgan fingerprint density at radius 2 is 2.00 bits per heavy atom. The third kappa shape index (κ3) is 2.74. The summed E-state index contributed by atoms with van der Waals surface area (Å²) in [5, 5.41) is 0.460. The number of rotatable bonds is 2. The Balaban J connectivity index is 1.89. The number of hydrogen-bond acceptors (Lipinski definition) is 3. The minimum Gasteiger partial charge on any atom is -0.376 e. The first-order chi connectivity index (χ1) is 9.22. The maximum atomic E-state index is 12.8. The molecule has 0 saturated carbocycles. The van der Waals surface area contributed by atoms with Crippen LogP contribution >= 0.6 is 11.6 Å². The molecular formula is C14H12ClFN2O. The number of benzene rings is 1. The number of ether oxygens (including phenoxy) is 1. The van der Waals surface area contributed by atoms with Crippen LogP contribution in [0.5, 0.6) is 0 Å². The average Bonchev–Trinajstić information content (AvgIpc) is 2.42. The van der Waals surface area contributed by atoms with Crippen molar-refractivity contribution in [3.05, 3.63) is 57.9 Å². The number of nitrogens with zero attached hydrogens (tertiary/aromatic N) is 2. The zero-order valence-electron chi connectivity index (χ0n) is 10.2.